The van der Waals surface area contributed by atoms with Crippen LogP contribution < -0.4 is 5.32 Å². The molecule has 2 aliphatic rings. The summed E-state index contributed by atoms with van der Waals surface area (Å²) in [6.07, 6.45) is 5.85. The first-order chi connectivity index (χ1) is 6.89. The van der Waals surface area contributed by atoms with E-state index in [-0.39, 0.29) is 17.2 Å². The predicted molar refractivity (Wildman–Crippen MR) is 58.7 cm³/mol. The highest BCUT2D eigenvalue weighted by Crippen LogP contribution is 2.47. The Labute approximate surface area is 91.6 Å². The number of hydrogen-bond acceptors (Lipinski definition) is 2. The standard InChI is InChI=1S/C12H21NO2/c1-11(2,3)15-10(14)13-12(6-7-12)8-9-4-5-9/h9H,4-8H2,1-3H3,(H,13,14). The molecular weight excluding hydrogens is 190 g/mol. The van der Waals surface area contributed by atoms with E-state index >= 15 is 0 Å². The molecule has 2 saturated carbocycles. The van der Waals surface area contributed by atoms with Crippen molar-refractivity contribution in [2.24, 2.45) is 5.92 Å². The topological polar surface area (TPSA) is 38.3 Å². The fourth-order valence-corrected chi connectivity index (χ4v) is 1.93. The molecule has 2 fully saturated rings. The van der Waals surface area contributed by atoms with Crippen molar-refractivity contribution in [2.45, 2.75) is 64.0 Å². The molecule has 1 amide bonds. The summed E-state index contributed by atoms with van der Waals surface area (Å²) >= 11 is 0. The number of carbonyl (C=O) groups excluding carboxylic acids is 1. The van der Waals surface area contributed by atoms with Gasteiger partial charge in [-0.2, -0.15) is 0 Å². The molecule has 86 valence electrons. The second kappa shape index (κ2) is 3.39. The van der Waals surface area contributed by atoms with Gasteiger partial charge in [-0.25, -0.2) is 4.79 Å². The fourth-order valence-electron chi connectivity index (χ4n) is 1.93. The van der Waals surface area contributed by atoms with E-state index in [1.54, 1.807) is 0 Å². The van der Waals surface area contributed by atoms with Crippen LogP contribution in [0.5, 0.6) is 0 Å². The second-order valence-corrected chi connectivity index (χ2v) is 6.05. The third-order valence-corrected chi connectivity index (χ3v) is 3.00. The maximum Gasteiger partial charge on any atom is 0.408 e. The van der Waals surface area contributed by atoms with Crippen LogP contribution >= 0.6 is 0 Å². The Morgan fingerprint density at radius 3 is 2.40 bits per heavy atom. The Kier molecular flexibility index (Phi) is 2.44. The van der Waals surface area contributed by atoms with Crippen LogP contribution in [0.4, 0.5) is 4.79 Å². The highest BCUT2D eigenvalue weighted by molar-refractivity contribution is 5.69. The van der Waals surface area contributed by atoms with E-state index in [4.69, 9.17) is 4.74 Å². The Morgan fingerprint density at radius 1 is 1.40 bits per heavy atom. The van der Waals surface area contributed by atoms with Crippen LogP contribution in [0.25, 0.3) is 0 Å². The normalized spacial score (nSPS) is 23.4. The number of amides is 1. The molecule has 1 N–H and O–H groups in total. The smallest absolute Gasteiger partial charge is 0.408 e. The third-order valence-electron chi connectivity index (χ3n) is 3.00. The molecular formula is C12H21NO2. The minimum absolute atomic E-state index is 0.101. The number of hydrogen-bond donors (Lipinski definition) is 1. The van der Waals surface area contributed by atoms with Gasteiger partial charge in [0, 0.05) is 5.54 Å². The van der Waals surface area contributed by atoms with Crippen LogP contribution in [-0.2, 0) is 4.74 Å². The largest absolute Gasteiger partial charge is 0.444 e. The van der Waals surface area contributed by atoms with Crippen LogP contribution in [0.2, 0.25) is 0 Å². The van der Waals surface area contributed by atoms with Crippen molar-refractivity contribution < 1.29 is 9.53 Å². The van der Waals surface area contributed by atoms with Crippen molar-refractivity contribution in [1.82, 2.24) is 5.32 Å². The number of rotatable bonds is 3. The van der Waals surface area contributed by atoms with E-state index in [0.29, 0.717) is 0 Å². The minimum atomic E-state index is -0.389. The zero-order chi connectivity index (χ0) is 11.1. The average Bonchev–Trinajstić information content (AvgIpc) is 2.87. The molecule has 2 aliphatic carbocycles. The van der Waals surface area contributed by atoms with Crippen LogP contribution in [0.15, 0.2) is 0 Å². The highest BCUT2D eigenvalue weighted by Gasteiger charge is 2.48. The summed E-state index contributed by atoms with van der Waals surface area (Å²) in [6.45, 7) is 5.69. The maximum atomic E-state index is 11.6. The molecule has 0 radical (unpaired) electrons. The number of nitrogens with one attached hydrogen (secondary N) is 1. The molecule has 2 rings (SSSR count). The van der Waals surface area contributed by atoms with Gasteiger partial charge in [0.2, 0.25) is 0 Å². The molecule has 0 aromatic rings. The lowest BCUT2D eigenvalue weighted by atomic mass is 10.1. The van der Waals surface area contributed by atoms with Gasteiger partial charge in [0.25, 0.3) is 0 Å². The lowest BCUT2D eigenvalue weighted by Gasteiger charge is -2.23. The van der Waals surface area contributed by atoms with Gasteiger partial charge in [-0.05, 0) is 46.0 Å². The second-order valence-electron chi connectivity index (χ2n) is 6.05. The van der Waals surface area contributed by atoms with Gasteiger partial charge in [-0.1, -0.05) is 12.8 Å². The van der Waals surface area contributed by atoms with E-state index in [1.165, 1.54) is 12.8 Å². The van der Waals surface area contributed by atoms with Crippen LogP contribution in [0, 0.1) is 5.92 Å². The first-order valence-electron chi connectivity index (χ1n) is 5.90. The molecule has 0 atom stereocenters. The van der Waals surface area contributed by atoms with E-state index in [2.05, 4.69) is 5.32 Å². The van der Waals surface area contributed by atoms with Crippen molar-refractivity contribution in [3.8, 4) is 0 Å². The summed E-state index contributed by atoms with van der Waals surface area (Å²) in [5, 5.41) is 3.03. The Morgan fingerprint density at radius 2 is 2.00 bits per heavy atom. The molecule has 0 saturated heterocycles. The number of ether oxygens (including phenoxy) is 1. The molecule has 0 spiro atoms. The summed E-state index contributed by atoms with van der Waals surface area (Å²) in [5.41, 5.74) is -0.288. The van der Waals surface area contributed by atoms with Crippen LogP contribution in [0.3, 0.4) is 0 Å². The molecule has 0 aromatic heterocycles. The Hall–Kier alpha value is -0.730. The zero-order valence-electron chi connectivity index (χ0n) is 9.93. The van der Waals surface area contributed by atoms with Gasteiger partial charge in [-0.3, -0.25) is 0 Å². The summed E-state index contributed by atoms with van der Waals surface area (Å²) < 4.78 is 5.27. The third kappa shape index (κ3) is 3.40. The van der Waals surface area contributed by atoms with Crippen molar-refractivity contribution in [3.05, 3.63) is 0 Å². The van der Waals surface area contributed by atoms with Crippen molar-refractivity contribution in [1.29, 1.82) is 0 Å². The SMILES string of the molecule is CC(C)(C)OC(=O)NC1(CC2CC2)CC1. The Bertz CT molecular complexity index is 259. The molecule has 0 aromatic carbocycles. The molecule has 0 heterocycles. The van der Waals surface area contributed by atoms with Gasteiger partial charge in [0.15, 0.2) is 0 Å². The predicted octanol–water partition coefficient (Wildman–Crippen LogP) is 2.84. The number of alkyl carbamates (subject to hydrolysis) is 1. The first-order valence-corrected chi connectivity index (χ1v) is 5.90. The quantitative estimate of drug-likeness (QED) is 0.779. The van der Waals surface area contributed by atoms with Crippen LogP contribution in [-0.4, -0.2) is 17.2 Å². The van der Waals surface area contributed by atoms with Crippen LogP contribution in [0.1, 0.15) is 52.9 Å². The van der Waals surface area contributed by atoms with Crippen molar-refractivity contribution in [2.75, 3.05) is 0 Å². The van der Waals surface area contributed by atoms with Gasteiger partial charge >= 0.3 is 6.09 Å². The lowest BCUT2D eigenvalue weighted by Crippen LogP contribution is -2.40. The van der Waals surface area contributed by atoms with E-state index in [1.807, 2.05) is 20.8 Å². The van der Waals surface area contributed by atoms with Gasteiger partial charge in [0.1, 0.15) is 5.60 Å². The van der Waals surface area contributed by atoms with E-state index in [0.717, 1.165) is 25.2 Å². The fraction of sp³-hybridized carbons (Fsp3) is 0.917. The van der Waals surface area contributed by atoms with Crippen molar-refractivity contribution in [3.63, 3.8) is 0 Å². The Balaban J connectivity index is 1.77. The molecule has 3 nitrogen and oxygen atoms in total. The summed E-state index contributed by atoms with van der Waals surface area (Å²) in [6, 6.07) is 0. The molecule has 0 aliphatic heterocycles. The monoisotopic (exact) mass is 211 g/mol. The molecule has 0 unspecified atom stereocenters. The van der Waals surface area contributed by atoms with E-state index in [9.17, 15) is 4.79 Å². The van der Waals surface area contributed by atoms with Gasteiger partial charge < -0.3 is 10.1 Å². The van der Waals surface area contributed by atoms with Gasteiger partial charge in [0.05, 0.1) is 0 Å². The highest BCUT2D eigenvalue weighted by atomic mass is 16.6. The summed E-state index contributed by atoms with van der Waals surface area (Å²) in [5.74, 6) is 0.863. The summed E-state index contributed by atoms with van der Waals surface area (Å²) in [7, 11) is 0. The average molecular weight is 211 g/mol. The zero-order valence-corrected chi connectivity index (χ0v) is 9.93. The van der Waals surface area contributed by atoms with Gasteiger partial charge in [-0.15, -0.1) is 0 Å². The maximum absolute atomic E-state index is 11.6. The number of carbonyl (C=O) groups is 1. The van der Waals surface area contributed by atoms with Crippen molar-refractivity contribution >= 4 is 6.09 Å². The first kappa shape index (κ1) is 10.8. The summed E-state index contributed by atoms with van der Waals surface area (Å²) in [4.78, 5) is 11.6. The molecule has 0 bridgehead atoms. The van der Waals surface area contributed by atoms with E-state index < -0.39 is 0 Å². The molecule has 15 heavy (non-hydrogen) atoms. The minimum Gasteiger partial charge on any atom is -0.444 e. The molecule has 3 heteroatoms. The lowest BCUT2D eigenvalue weighted by molar-refractivity contribution is 0.0492.